The maximum Gasteiger partial charge on any atom is 0.408 e. The van der Waals surface area contributed by atoms with E-state index in [2.05, 4.69) is 5.32 Å². The molecule has 1 rings (SSSR count). The van der Waals surface area contributed by atoms with Gasteiger partial charge in [0.15, 0.2) is 5.78 Å². The van der Waals surface area contributed by atoms with Gasteiger partial charge in [0, 0.05) is 5.56 Å². The number of Topliss-reactive ketones (excluding diaryl/α,β-unsaturated/α-hetero) is 1. The van der Waals surface area contributed by atoms with Crippen LogP contribution in [0, 0.1) is 5.82 Å². The second kappa shape index (κ2) is 5.82. The third-order valence-electron chi connectivity index (χ3n) is 2.26. The van der Waals surface area contributed by atoms with E-state index in [1.807, 2.05) is 0 Å². The zero-order chi connectivity index (χ0) is 14.6. The normalized spacial score (nSPS) is 12.7. The van der Waals surface area contributed by atoms with Gasteiger partial charge in [0.25, 0.3) is 0 Å². The van der Waals surface area contributed by atoms with Crippen LogP contribution in [0.3, 0.4) is 0 Å². The number of carbonyl (C=O) groups excluding carboxylic acids is 2. The summed E-state index contributed by atoms with van der Waals surface area (Å²) in [5, 5.41) is 2.44. The van der Waals surface area contributed by atoms with Crippen molar-refractivity contribution in [1.82, 2.24) is 5.32 Å². The van der Waals surface area contributed by atoms with Crippen LogP contribution in [0.25, 0.3) is 0 Å². The minimum Gasteiger partial charge on any atom is -0.444 e. The van der Waals surface area contributed by atoms with Gasteiger partial charge in [0.05, 0.1) is 6.04 Å². The molecule has 4 nitrogen and oxygen atoms in total. The molecule has 1 aromatic carbocycles. The number of halogens is 1. The first-order valence-electron chi connectivity index (χ1n) is 5.98. The van der Waals surface area contributed by atoms with Crippen LogP contribution in [0.4, 0.5) is 9.18 Å². The number of carbonyl (C=O) groups is 2. The molecule has 1 amide bonds. The Kier molecular flexibility index (Phi) is 4.64. The molecule has 19 heavy (non-hydrogen) atoms. The summed E-state index contributed by atoms with van der Waals surface area (Å²) in [6.45, 7) is 6.76. The lowest BCUT2D eigenvalue weighted by molar-refractivity contribution is 0.0496. The van der Waals surface area contributed by atoms with E-state index in [4.69, 9.17) is 4.74 Å². The van der Waals surface area contributed by atoms with Crippen molar-refractivity contribution in [1.29, 1.82) is 0 Å². The van der Waals surface area contributed by atoms with Gasteiger partial charge < -0.3 is 10.1 Å². The average Bonchev–Trinajstić information content (AvgIpc) is 2.26. The molecule has 0 spiro atoms. The zero-order valence-corrected chi connectivity index (χ0v) is 11.5. The predicted molar refractivity (Wildman–Crippen MR) is 69.6 cm³/mol. The van der Waals surface area contributed by atoms with E-state index in [0.29, 0.717) is 5.56 Å². The van der Waals surface area contributed by atoms with Crippen LogP contribution in [0.5, 0.6) is 0 Å². The highest BCUT2D eigenvalue weighted by atomic mass is 19.1. The highest BCUT2D eigenvalue weighted by molar-refractivity contribution is 6.01. The van der Waals surface area contributed by atoms with Crippen molar-refractivity contribution >= 4 is 11.9 Å². The molecule has 1 aromatic rings. The van der Waals surface area contributed by atoms with Crippen molar-refractivity contribution in [2.75, 3.05) is 0 Å². The van der Waals surface area contributed by atoms with Gasteiger partial charge in [-0.2, -0.15) is 0 Å². The molecular formula is C14H18FNO3. The van der Waals surface area contributed by atoms with Crippen molar-refractivity contribution in [3.8, 4) is 0 Å². The lowest BCUT2D eigenvalue weighted by atomic mass is 10.1. The molecule has 0 fully saturated rings. The van der Waals surface area contributed by atoms with E-state index in [-0.39, 0.29) is 5.78 Å². The Morgan fingerprint density at radius 2 is 1.74 bits per heavy atom. The summed E-state index contributed by atoms with van der Waals surface area (Å²) in [5.41, 5.74) is -0.284. The van der Waals surface area contributed by atoms with Crippen molar-refractivity contribution < 1.29 is 18.7 Å². The summed E-state index contributed by atoms with van der Waals surface area (Å²) < 4.78 is 17.8. The van der Waals surface area contributed by atoms with Crippen molar-refractivity contribution in [3.63, 3.8) is 0 Å². The van der Waals surface area contributed by atoms with E-state index >= 15 is 0 Å². The highest BCUT2D eigenvalue weighted by Crippen LogP contribution is 2.09. The number of amides is 1. The lowest BCUT2D eigenvalue weighted by Gasteiger charge is -2.21. The van der Waals surface area contributed by atoms with E-state index in [1.54, 1.807) is 27.7 Å². The first-order chi connectivity index (χ1) is 8.69. The number of alkyl carbamates (subject to hydrolysis) is 1. The van der Waals surface area contributed by atoms with Gasteiger partial charge in [-0.05, 0) is 52.0 Å². The van der Waals surface area contributed by atoms with Gasteiger partial charge in [-0.1, -0.05) is 0 Å². The lowest BCUT2D eigenvalue weighted by Crippen LogP contribution is -2.41. The summed E-state index contributed by atoms with van der Waals surface area (Å²) in [6.07, 6.45) is -0.657. The number of hydrogen-bond acceptors (Lipinski definition) is 3. The Hall–Kier alpha value is -1.91. The van der Waals surface area contributed by atoms with Gasteiger partial charge in [-0.25, -0.2) is 9.18 Å². The van der Waals surface area contributed by atoms with Gasteiger partial charge in [-0.15, -0.1) is 0 Å². The van der Waals surface area contributed by atoms with Gasteiger partial charge in [0.1, 0.15) is 11.4 Å². The molecule has 0 saturated heterocycles. The molecular weight excluding hydrogens is 249 g/mol. The molecule has 0 bridgehead atoms. The van der Waals surface area contributed by atoms with Crippen LogP contribution in [-0.2, 0) is 4.74 Å². The van der Waals surface area contributed by atoms with E-state index in [9.17, 15) is 14.0 Å². The standard InChI is InChI=1S/C14H18FNO3/c1-9(16-13(18)19-14(2,3)4)12(17)10-5-7-11(15)8-6-10/h5-9H,1-4H3,(H,16,18). The number of nitrogens with one attached hydrogen (secondary N) is 1. The third kappa shape index (κ3) is 5.07. The fourth-order valence-corrected chi connectivity index (χ4v) is 1.41. The van der Waals surface area contributed by atoms with E-state index < -0.39 is 23.6 Å². The fourth-order valence-electron chi connectivity index (χ4n) is 1.41. The number of benzene rings is 1. The predicted octanol–water partition coefficient (Wildman–Crippen LogP) is 2.92. The molecule has 1 N–H and O–H groups in total. The van der Waals surface area contributed by atoms with Crippen molar-refractivity contribution in [2.24, 2.45) is 0 Å². The molecule has 0 aliphatic rings. The van der Waals surface area contributed by atoms with Crippen LogP contribution in [0.2, 0.25) is 0 Å². The minimum absolute atomic E-state index is 0.300. The number of ether oxygens (including phenoxy) is 1. The molecule has 0 aromatic heterocycles. The average molecular weight is 267 g/mol. The minimum atomic E-state index is -0.736. The monoisotopic (exact) mass is 267 g/mol. The highest BCUT2D eigenvalue weighted by Gasteiger charge is 2.21. The van der Waals surface area contributed by atoms with Crippen LogP contribution < -0.4 is 5.32 Å². The number of rotatable bonds is 3. The number of hydrogen-bond donors (Lipinski definition) is 1. The zero-order valence-electron chi connectivity index (χ0n) is 11.5. The van der Waals surface area contributed by atoms with Crippen molar-refractivity contribution in [3.05, 3.63) is 35.6 Å². The maximum absolute atomic E-state index is 12.7. The Balaban J connectivity index is 2.63. The summed E-state index contributed by atoms with van der Waals surface area (Å²) in [6, 6.07) is 4.43. The summed E-state index contributed by atoms with van der Waals surface area (Å²) >= 11 is 0. The second-order valence-corrected chi connectivity index (χ2v) is 5.24. The third-order valence-corrected chi connectivity index (χ3v) is 2.26. The Morgan fingerprint density at radius 1 is 1.21 bits per heavy atom. The maximum atomic E-state index is 12.7. The quantitative estimate of drug-likeness (QED) is 0.857. The van der Waals surface area contributed by atoms with Crippen LogP contribution >= 0.6 is 0 Å². The molecule has 1 atom stereocenters. The Labute approximate surface area is 112 Å². The molecule has 0 aliphatic carbocycles. The SMILES string of the molecule is CC(NC(=O)OC(C)(C)C)C(=O)c1ccc(F)cc1. The Morgan fingerprint density at radius 3 is 2.21 bits per heavy atom. The van der Waals surface area contributed by atoms with Gasteiger partial charge in [0.2, 0.25) is 0 Å². The summed E-state index contributed by atoms with van der Waals surface area (Å²) in [4.78, 5) is 23.5. The summed E-state index contributed by atoms with van der Waals surface area (Å²) in [5.74, 6) is -0.713. The number of ketones is 1. The fraction of sp³-hybridized carbons (Fsp3) is 0.429. The van der Waals surface area contributed by atoms with Crippen LogP contribution in [-0.4, -0.2) is 23.5 Å². The molecule has 0 saturated carbocycles. The summed E-state index contributed by atoms with van der Waals surface area (Å²) in [7, 11) is 0. The smallest absolute Gasteiger partial charge is 0.408 e. The molecule has 0 radical (unpaired) electrons. The molecule has 1 unspecified atom stereocenters. The van der Waals surface area contributed by atoms with Crippen LogP contribution in [0.1, 0.15) is 38.1 Å². The van der Waals surface area contributed by atoms with Crippen molar-refractivity contribution in [2.45, 2.75) is 39.3 Å². The first kappa shape index (κ1) is 15.1. The topological polar surface area (TPSA) is 55.4 Å². The molecule has 5 heteroatoms. The molecule has 0 heterocycles. The first-order valence-corrected chi connectivity index (χ1v) is 5.98. The molecule has 0 aliphatic heterocycles. The van der Waals surface area contributed by atoms with E-state index in [0.717, 1.165) is 0 Å². The van der Waals surface area contributed by atoms with Crippen LogP contribution in [0.15, 0.2) is 24.3 Å². The van der Waals surface area contributed by atoms with Gasteiger partial charge in [-0.3, -0.25) is 4.79 Å². The van der Waals surface area contributed by atoms with Gasteiger partial charge >= 0.3 is 6.09 Å². The molecule has 104 valence electrons. The van der Waals surface area contributed by atoms with E-state index in [1.165, 1.54) is 24.3 Å². The Bertz CT molecular complexity index is 463. The largest absolute Gasteiger partial charge is 0.444 e. The second-order valence-electron chi connectivity index (χ2n) is 5.24.